The maximum atomic E-state index is 12.3. The lowest BCUT2D eigenvalue weighted by Gasteiger charge is -2.32. The average Bonchev–Trinajstić information content (AvgIpc) is 2.71. The van der Waals surface area contributed by atoms with E-state index in [1.165, 1.54) is 36.5 Å². The van der Waals surface area contributed by atoms with Gasteiger partial charge in [-0.05, 0) is 76.0 Å². The van der Waals surface area contributed by atoms with Crippen molar-refractivity contribution < 1.29 is 14.3 Å². The van der Waals surface area contributed by atoms with Gasteiger partial charge >= 0.3 is 5.97 Å². The lowest BCUT2D eigenvalue weighted by atomic mass is 9.72. The van der Waals surface area contributed by atoms with Crippen LogP contribution < -0.4 is 0 Å². The van der Waals surface area contributed by atoms with Crippen LogP contribution in [0.4, 0.5) is 0 Å². The summed E-state index contributed by atoms with van der Waals surface area (Å²) >= 11 is 0. The number of aryl methyl sites for hydroxylation is 2. The molecule has 1 aromatic rings. The molecule has 0 radical (unpaired) electrons. The maximum Gasteiger partial charge on any atom is 0.331 e. The summed E-state index contributed by atoms with van der Waals surface area (Å²) in [6.45, 7) is 14.4. The molecule has 0 atom stereocenters. The molecular weight excluding hydrogens is 408 g/mol. The van der Waals surface area contributed by atoms with Crippen LogP contribution >= 0.6 is 0 Å². The van der Waals surface area contributed by atoms with Crippen molar-refractivity contribution in [1.29, 1.82) is 0 Å². The molecule has 33 heavy (non-hydrogen) atoms. The van der Waals surface area contributed by atoms with Crippen molar-refractivity contribution in [2.24, 2.45) is 5.41 Å². The molecule has 176 valence electrons. The molecule has 1 aromatic carbocycles. The van der Waals surface area contributed by atoms with Crippen molar-refractivity contribution in [1.82, 2.24) is 0 Å². The highest BCUT2D eigenvalue weighted by molar-refractivity contribution is 5.99. The first-order valence-electron chi connectivity index (χ1n) is 11.7. The zero-order valence-corrected chi connectivity index (χ0v) is 21.2. The van der Waals surface area contributed by atoms with Crippen LogP contribution in [0.5, 0.6) is 0 Å². The van der Waals surface area contributed by atoms with E-state index in [0.29, 0.717) is 5.56 Å². The molecular formula is C30H38O3. The minimum absolute atomic E-state index is 0.195. The van der Waals surface area contributed by atoms with Gasteiger partial charge in [0, 0.05) is 11.6 Å². The monoisotopic (exact) mass is 446 g/mol. The normalized spacial score (nSPS) is 17.2. The molecule has 0 spiro atoms. The molecule has 0 saturated heterocycles. The number of benzene rings is 1. The van der Waals surface area contributed by atoms with Crippen LogP contribution in [-0.2, 0) is 9.53 Å². The fourth-order valence-electron chi connectivity index (χ4n) is 4.25. The van der Waals surface area contributed by atoms with Gasteiger partial charge < -0.3 is 4.74 Å². The number of esters is 1. The van der Waals surface area contributed by atoms with Gasteiger partial charge in [0.05, 0.1) is 0 Å². The fraction of sp³-hybridized carbons (Fsp3) is 0.400. The van der Waals surface area contributed by atoms with Gasteiger partial charge in [0.25, 0.3) is 0 Å². The molecule has 3 nitrogen and oxygen atoms in total. The van der Waals surface area contributed by atoms with E-state index >= 15 is 0 Å². The smallest absolute Gasteiger partial charge is 0.331 e. The van der Waals surface area contributed by atoms with Gasteiger partial charge in [-0.3, -0.25) is 4.79 Å². The molecule has 0 saturated carbocycles. The first-order chi connectivity index (χ1) is 15.5. The zero-order chi connectivity index (χ0) is 24.6. The average molecular weight is 447 g/mol. The Morgan fingerprint density at radius 3 is 2.45 bits per heavy atom. The third-order valence-corrected chi connectivity index (χ3v) is 6.15. The Balaban J connectivity index is 1.91. The third-order valence-electron chi connectivity index (χ3n) is 6.15. The molecule has 1 aliphatic carbocycles. The Bertz CT molecular complexity index is 1040. The van der Waals surface area contributed by atoms with Crippen LogP contribution in [0.15, 0.2) is 76.9 Å². The van der Waals surface area contributed by atoms with E-state index in [0.717, 1.165) is 22.3 Å². The van der Waals surface area contributed by atoms with Crippen molar-refractivity contribution in [2.75, 3.05) is 6.61 Å². The Morgan fingerprint density at radius 1 is 1.06 bits per heavy atom. The van der Waals surface area contributed by atoms with Gasteiger partial charge in [0.1, 0.15) is 0 Å². The second-order valence-electron chi connectivity index (χ2n) is 9.77. The molecule has 0 aliphatic heterocycles. The summed E-state index contributed by atoms with van der Waals surface area (Å²) in [7, 11) is 0. The Labute approximate surface area is 199 Å². The number of hydrogen-bond donors (Lipinski definition) is 0. The number of carbonyl (C=O) groups excluding carboxylic acids is 2. The molecule has 0 amide bonds. The molecule has 1 aliphatic rings. The van der Waals surface area contributed by atoms with Gasteiger partial charge in [-0.2, -0.15) is 0 Å². The first kappa shape index (κ1) is 26.3. The predicted molar refractivity (Wildman–Crippen MR) is 137 cm³/mol. The van der Waals surface area contributed by atoms with Crippen molar-refractivity contribution in [3.63, 3.8) is 0 Å². The molecule has 0 fully saturated rings. The lowest BCUT2D eigenvalue weighted by molar-refractivity contribution is -0.136. The predicted octanol–water partition coefficient (Wildman–Crippen LogP) is 7.56. The molecule has 0 bridgehead atoms. The van der Waals surface area contributed by atoms with E-state index in [9.17, 15) is 9.59 Å². The van der Waals surface area contributed by atoms with Crippen molar-refractivity contribution in [3.8, 4) is 0 Å². The Kier molecular flexibility index (Phi) is 9.40. The van der Waals surface area contributed by atoms with Crippen LogP contribution in [-0.4, -0.2) is 18.4 Å². The summed E-state index contributed by atoms with van der Waals surface area (Å²) in [5, 5.41) is 0. The summed E-state index contributed by atoms with van der Waals surface area (Å²) < 4.78 is 5.15. The minimum Gasteiger partial charge on any atom is -0.454 e. The number of rotatable bonds is 8. The number of hydrogen-bond acceptors (Lipinski definition) is 3. The fourth-order valence-corrected chi connectivity index (χ4v) is 4.25. The summed E-state index contributed by atoms with van der Waals surface area (Å²) in [6, 6.07) is 5.61. The molecule has 2 rings (SSSR count). The van der Waals surface area contributed by atoms with Gasteiger partial charge in [-0.1, -0.05) is 79.1 Å². The highest BCUT2D eigenvalue weighted by Gasteiger charge is 2.26. The quantitative estimate of drug-likeness (QED) is 0.179. The number of ketones is 1. The van der Waals surface area contributed by atoms with Crippen molar-refractivity contribution in [2.45, 2.75) is 67.7 Å². The van der Waals surface area contributed by atoms with Crippen LogP contribution in [0.25, 0.3) is 0 Å². The van der Waals surface area contributed by atoms with Crippen LogP contribution in [0, 0.1) is 19.3 Å². The summed E-state index contributed by atoms with van der Waals surface area (Å²) in [5.41, 5.74) is 7.63. The number of carbonyl (C=O) groups is 2. The number of Topliss-reactive ketones (excluding diaryl/α,β-unsaturated/α-hetero) is 1. The van der Waals surface area contributed by atoms with Gasteiger partial charge in [0.2, 0.25) is 5.78 Å². The molecule has 0 N–H and O–H groups in total. The number of ether oxygens (including phenoxy) is 1. The van der Waals surface area contributed by atoms with Crippen molar-refractivity contribution >= 4 is 11.8 Å². The van der Waals surface area contributed by atoms with E-state index in [2.05, 4.69) is 39.8 Å². The van der Waals surface area contributed by atoms with Crippen LogP contribution in [0.1, 0.15) is 75.4 Å². The largest absolute Gasteiger partial charge is 0.454 e. The van der Waals surface area contributed by atoms with Gasteiger partial charge in [-0.25, -0.2) is 4.79 Å². The molecule has 0 unspecified atom stereocenters. The highest BCUT2D eigenvalue weighted by Crippen LogP contribution is 2.40. The standard InChI is InChI=1S/C30H38O3/c1-21(14-16-27-24(4)12-9-17-30(27,6)7)10-8-11-22(2)19-29(32)33-20-28(31)26-15-13-23(3)18-25(26)5/h8,10-11,13-16,18-19H,9,12,17,20H2,1-7H3/b11-8+,16-14+,21-10+,22-19+. The third kappa shape index (κ3) is 8.16. The van der Waals surface area contributed by atoms with E-state index in [1.54, 1.807) is 6.07 Å². The maximum absolute atomic E-state index is 12.3. The zero-order valence-electron chi connectivity index (χ0n) is 21.2. The minimum atomic E-state index is -0.516. The summed E-state index contributed by atoms with van der Waals surface area (Å²) in [4.78, 5) is 24.4. The Hall–Kier alpha value is -2.94. The van der Waals surface area contributed by atoms with E-state index < -0.39 is 5.97 Å². The lowest BCUT2D eigenvalue weighted by Crippen LogP contribution is -2.19. The SMILES string of the molecule is CC1=C(/C=C/C(C)=C/C=C/C(C)=C/C(=O)OCC(=O)c2ccc(C)cc2C)C(C)(C)CCC1. The highest BCUT2D eigenvalue weighted by atomic mass is 16.5. The second kappa shape index (κ2) is 11.8. The van der Waals surface area contributed by atoms with Crippen LogP contribution in [0.2, 0.25) is 0 Å². The van der Waals surface area contributed by atoms with Crippen LogP contribution in [0.3, 0.4) is 0 Å². The van der Waals surface area contributed by atoms with E-state index in [-0.39, 0.29) is 17.8 Å². The Morgan fingerprint density at radius 2 is 1.79 bits per heavy atom. The van der Waals surface area contributed by atoms with Gasteiger partial charge in [0.15, 0.2) is 6.61 Å². The molecule has 0 aromatic heterocycles. The topological polar surface area (TPSA) is 43.4 Å². The first-order valence-corrected chi connectivity index (χ1v) is 11.7. The molecule has 0 heterocycles. The van der Waals surface area contributed by atoms with E-state index in [4.69, 9.17) is 4.74 Å². The second-order valence-corrected chi connectivity index (χ2v) is 9.77. The van der Waals surface area contributed by atoms with E-state index in [1.807, 2.05) is 51.1 Å². The molecule has 3 heteroatoms. The van der Waals surface area contributed by atoms with Crippen molar-refractivity contribution in [3.05, 3.63) is 93.6 Å². The number of allylic oxidation sites excluding steroid dienone is 9. The van der Waals surface area contributed by atoms with Gasteiger partial charge in [-0.15, -0.1) is 0 Å². The summed E-state index contributed by atoms with van der Waals surface area (Å²) in [5.74, 6) is -0.711. The summed E-state index contributed by atoms with van der Waals surface area (Å²) in [6.07, 6.45) is 15.3.